The lowest BCUT2D eigenvalue weighted by atomic mass is 9.57. The molecule has 2 unspecified atom stereocenters. The number of hydrogen-bond donors (Lipinski definition) is 2. The van der Waals surface area contributed by atoms with Gasteiger partial charge in [-0.1, -0.05) is 0 Å². The highest BCUT2D eigenvalue weighted by Crippen LogP contribution is 2.53. The van der Waals surface area contributed by atoms with Crippen LogP contribution in [-0.4, -0.2) is 33.7 Å². The van der Waals surface area contributed by atoms with Gasteiger partial charge in [-0.2, -0.15) is 5.10 Å². The molecule has 23 heavy (non-hydrogen) atoms. The Morgan fingerprint density at radius 2 is 2.09 bits per heavy atom. The van der Waals surface area contributed by atoms with E-state index >= 15 is 0 Å². The maximum atomic E-state index is 14.5. The minimum atomic E-state index is -0.798. The number of halogens is 1. The first kappa shape index (κ1) is 15.6. The molecule has 0 bridgehead atoms. The van der Waals surface area contributed by atoms with E-state index in [0.29, 0.717) is 30.4 Å². The van der Waals surface area contributed by atoms with Crippen LogP contribution in [0.25, 0.3) is 0 Å². The third-order valence-corrected chi connectivity index (χ3v) is 6.65. The minimum absolute atomic E-state index is 0.177. The van der Waals surface area contributed by atoms with Gasteiger partial charge in [0.1, 0.15) is 6.17 Å². The molecule has 2 N–H and O–H groups in total. The molecule has 1 aromatic heterocycles. The molecule has 0 aliphatic heterocycles. The van der Waals surface area contributed by atoms with Crippen LogP contribution in [0.2, 0.25) is 0 Å². The fourth-order valence-corrected chi connectivity index (χ4v) is 5.11. The third-order valence-electron chi connectivity index (χ3n) is 6.65. The Kier molecular flexibility index (Phi) is 3.96. The van der Waals surface area contributed by atoms with Crippen molar-refractivity contribution in [1.82, 2.24) is 15.1 Å². The molecule has 2 atom stereocenters. The number of rotatable bonds is 3. The van der Waals surface area contributed by atoms with E-state index in [1.54, 1.807) is 0 Å². The number of alkyl halides is 1. The molecule has 3 aliphatic carbocycles. The normalized spacial score (nSPS) is 40.0. The molecule has 4 nitrogen and oxygen atoms in total. The van der Waals surface area contributed by atoms with Gasteiger partial charge in [-0.25, -0.2) is 4.39 Å². The summed E-state index contributed by atoms with van der Waals surface area (Å²) in [5.41, 5.74) is 2.73. The summed E-state index contributed by atoms with van der Waals surface area (Å²) in [5, 5.41) is 17.2. The van der Waals surface area contributed by atoms with Gasteiger partial charge >= 0.3 is 0 Å². The molecule has 3 aliphatic rings. The van der Waals surface area contributed by atoms with Gasteiger partial charge < -0.3 is 10.4 Å². The number of aryl methyl sites for hydroxylation is 1. The highest BCUT2D eigenvalue weighted by atomic mass is 19.1. The van der Waals surface area contributed by atoms with E-state index in [0.717, 1.165) is 24.8 Å². The van der Waals surface area contributed by atoms with Gasteiger partial charge in [0.2, 0.25) is 0 Å². The van der Waals surface area contributed by atoms with Crippen molar-refractivity contribution in [1.29, 1.82) is 0 Å². The summed E-state index contributed by atoms with van der Waals surface area (Å²) in [6, 6.07) is 0.263. The number of aromatic nitrogens is 2. The number of aliphatic hydroxyl groups is 1. The zero-order valence-electron chi connectivity index (χ0n) is 14.0. The molecule has 4 rings (SSSR count). The Labute approximate surface area is 137 Å². The SMILES string of the molecule is Cn1ncc2c1CCC(F)C2NC1CC2(CCC(CO)CC2)C1. The lowest BCUT2D eigenvalue weighted by molar-refractivity contribution is 0.00269. The molecule has 0 amide bonds. The smallest absolute Gasteiger partial charge is 0.120 e. The summed E-state index contributed by atoms with van der Waals surface area (Å²) < 4.78 is 16.4. The van der Waals surface area contributed by atoms with Crippen molar-refractivity contribution in [3.63, 3.8) is 0 Å². The Balaban J connectivity index is 1.37. The molecule has 1 heterocycles. The summed E-state index contributed by atoms with van der Waals surface area (Å²) in [6.07, 6.45) is 9.57. The van der Waals surface area contributed by atoms with E-state index in [1.165, 1.54) is 31.4 Å². The van der Waals surface area contributed by atoms with Gasteiger partial charge in [-0.3, -0.25) is 4.68 Å². The Bertz CT molecular complexity index is 557. The predicted octanol–water partition coefficient (Wildman–Crippen LogP) is 2.67. The maximum Gasteiger partial charge on any atom is 0.120 e. The van der Waals surface area contributed by atoms with Gasteiger partial charge in [-0.15, -0.1) is 0 Å². The monoisotopic (exact) mass is 321 g/mol. The van der Waals surface area contributed by atoms with Gasteiger partial charge in [0, 0.05) is 31.0 Å². The van der Waals surface area contributed by atoms with Crippen molar-refractivity contribution in [3.8, 4) is 0 Å². The van der Waals surface area contributed by atoms with E-state index in [-0.39, 0.29) is 6.04 Å². The van der Waals surface area contributed by atoms with Crippen molar-refractivity contribution in [2.75, 3.05) is 6.61 Å². The van der Waals surface area contributed by atoms with Gasteiger partial charge in [0.05, 0.1) is 12.2 Å². The summed E-state index contributed by atoms with van der Waals surface area (Å²) in [6.45, 7) is 0.340. The third kappa shape index (κ3) is 2.72. The van der Waals surface area contributed by atoms with Crippen LogP contribution in [0.15, 0.2) is 6.20 Å². The second kappa shape index (κ2) is 5.85. The maximum absolute atomic E-state index is 14.5. The highest BCUT2D eigenvalue weighted by molar-refractivity contribution is 5.27. The predicted molar refractivity (Wildman–Crippen MR) is 86.8 cm³/mol. The van der Waals surface area contributed by atoms with Crippen LogP contribution in [0.1, 0.15) is 62.2 Å². The average molecular weight is 321 g/mol. The molecular weight excluding hydrogens is 293 g/mol. The van der Waals surface area contributed by atoms with Crippen LogP contribution in [0.5, 0.6) is 0 Å². The Morgan fingerprint density at radius 3 is 2.78 bits per heavy atom. The quantitative estimate of drug-likeness (QED) is 0.900. The van der Waals surface area contributed by atoms with Crippen molar-refractivity contribution in [2.45, 2.75) is 69.6 Å². The number of aliphatic hydroxyl groups excluding tert-OH is 1. The summed E-state index contributed by atoms with van der Waals surface area (Å²) in [5.74, 6) is 0.513. The lowest BCUT2D eigenvalue weighted by Gasteiger charge is -2.53. The van der Waals surface area contributed by atoms with E-state index < -0.39 is 6.17 Å². The van der Waals surface area contributed by atoms with Crippen LogP contribution >= 0.6 is 0 Å². The first-order chi connectivity index (χ1) is 11.1. The fourth-order valence-electron chi connectivity index (χ4n) is 5.11. The minimum Gasteiger partial charge on any atom is -0.396 e. The van der Waals surface area contributed by atoms with Gasteiger partial charge in [0.15, 0.2) is 0 Å². The first-order valence-electron chi connectivity index (χ1n) is 9.12. The molecule has 1 aromatic rings. The molecule has 1 spiro atoms. The van der Waals surface area contributed by atoms with Crippen LogP contribution in [0.4, 0.5) is 4.39 Å². The van der Waals surface area contributed by atoms with Crippen LogP contribution in [-0.2, 0) is 13.5 Å². The number of nitrogens with one attached hydrogen (secondary N) is 1. The number of hydrogen-bond acceptors (Lipinski definition) is 3. The van der Waals surface area contributed by atoms with Crippen LogP contribution in [0, 0.1) is 11.3 Å². The zero-order valence-corrected chi connectivity index (χ0v) is 14.0. The summed E-state index contributed by atoms with van der Waals surface area (Å²) in [7, 11) is 1.95. The Hall–Kier alpha value is -0.940. The zero-order chi connectivity index (χ0) is 16.0. The Morgan fingerprint density at radius 1 is 1.35 bits per heavy atom. The molecule has 2 fully saturated rings. The number of nitrogens with zero attached hydrogens (tertiary/aromatic N) is 2. The van der Waals surface area contributed by atoms with E-state index in [1.807, 2.05) is 17.9 Å². The van der Waals surface area contributed by atoms with E-state index in [9.17, 15) is 9.50 Å². The van der Waals surface area contributed by atoms with Gasteiger partial charge in [0.25, 0.3) is 0 Å². The van der Waals surface area contributed by atoms with Crippen molar-refractivity contribution < 1.29 is 9.50 Å². The number of fused-ring (bicyclic) bond motifs is 1. The van der Waals surface area contributed by atoms with Crippen LogP contribution < -0.4 is 5.32 Å². The first-order valence-corrected chi connectivity index (χ1v) is 9.12. The topological polar surface area (TPSA) is 50.1 Å². The van der Waals surface area contributed by atoms with E-state index in [4.69, 9.17) is 0 Å². The van der Waals surface area contributed by atoms with Crippen LogP contribution in [0.3, 0.4) is 0 Å². The summed E-state index contributed by atoms with van der Waals surface area (Å²) >= 11 is 0. The van der Waals surface area contributed by atoms with E-state index in [2.05, 4.69) is 10.4 Å². The van der Waals surface area contributed by atoms with Crippen molar-refractivity contribution in [2.24, 2.45) is 18.4 Å². The largest absolute Gasteiger partial charge is 0.396 e. The van der Waals surface area contributed by atoms with Gasteiger partial charge in [-0.05, 0) is 62.7 Å². The highest BCUT2D eigenvalue weighted by Gasteiger charge is 2.47. The second-order valence-corrected chi connectivity index (χ2v) is 8.10. The van der Waals surface area contributed by atoms with Crippen molar-refractivity contribution in [3.05, 3.63) is 17.5 Å². The molecule has 0 radical (unpaired) electrons. The molecular formula is C18H28FN3O. The molecule has 128 valence electrons. The molecule has 0 saturated heterocycles. The standard InChI is InChI=1S/C18H28FN3O/c1-22-16-3-2-15(19)17(14(16)10-20-22)21-13-8-18(9-13)6-4-12(11-23)5-7-18/h10,12-13,15,17,21,23H,2-9,11H2,1H3. The molecule has 2 saturated carbocycles. The second-order valence-electron chi connectivity index (χ2n) is 8.10. The average Bonchev–Trinajstić information content (AvgIpc) is 2.90. The lowest BCUT2D eigenvalue weighted by Crippen LogP contribution is -2.53. The van der Waals surface area contributed by atoms with Crippen molar-refractivity contribution >= 4 is 0 Å². The molecule has 5 heteroatoms. The summed E-state index contributed by atoms with van der Waals surface area (Å²) in [4.78, 5) is 0. The fraction of sp³-hybridized carbons (Fsp3) is 0.833. The molecule has 0 aromatic carbocycles.